The summed E-state index contributed by atoms with van der Waals surface area (Å²) >= 11 is 3.39. The molecule has 0 atom stereocenters. The number of aliphatic hydroxyl groups is 1. The van der Waals surface area contributed by atoms with E-state index in [4.69, 9.17) is 9.84 Å². The van der Waals surface area contributed by atoms with Crippen LogP contribution in [0.25, 0.3) is 0 Å². The average Bonchev–Trinajstić information content (AvgIpc) is 2.16. The quantitative estimate of drug-likeness (QED) is 0.886. The first-order valence-corrected chi connectivity index (χ1v) is 4.98. The van der Waals surface area contributed by atoms with E-state index in [1.165, 1.54) is 0 Å². The van der Waals surface area contributed by atoms with E-state index in [1.54, 1.807) is 7.11 Å². The SMILES string of the molecule is CCc1cc(Br)cc(CO)c1OC. The number of aliphatic hydroxyl groups excluding tert-OH is 1. The number of benzene rings is 1. The van der Waals surface area contributed by atoms with Crippen LogP contribution < -0.4 is 4.74 Å². The summed E-state index contributed by atoms with van der Waals surface area (Å²) in [4.78, 5) is 0. The third-order valence-electron chi connectivity index (χ3n) is 1.96. The van der Waals surface area contributed by atoms with Crippen LogP contribution in [0.1, 0.15) is 18.1 Å². The lowest BCUT2D eigenvalue weighted by Gasteiger charge is -2.11. The minimum atomic E-state index is 0.00954. The van der Waals surface area contributed by atoms with Crippen molar-refractivity contribution in [3.05, 3.63) is 27.7 Å². The zero-order valence-corrected chi connectivity index (χ0v) is 9.39. The third kappa shape index (κ3) is 2.23. The molecular formula is C10H13BrO2. The maximum atomic E-state index is 9.09. The van der Waals surface area contributed by atoms with E-state index in [0.29, 0.717) is 0 Å². The standard InChI is InChI=1S/C10H13BrO2/c1-3-7-4-9(11)5-8(6-12)10(7)13-2/h4-5,12H,3,6H2,1-2H3. The summed E-state index contributed by atoms with van der Waals surface area (Å²) in [5, 5.41) is 9.09. The maximum Gasteiger partial charge on any atom is 0.127 e. The van der Waals surface area contributed by atoms with E-state index in [-0.39, 0.29) is 6.61 Å². The summed E-state index contributed by atoms with van der Waals surface area (Å²) in [6.45, 7) is 2.07. The highest BCUT2D eigenvalue weighted by Crippen LogP contribution is 2.28. The molecule has 1 N–H and O–H groups in total. The van der Waals surface area contributed by atoms with Crippen molar-refractivity contribution in [1.82, 2.24) is 0 Å². The van der Waals surface area contributed by atoms with Crippen molar-refractivity contribution in [1.29, 1.82) is 0 Å². The molecule has 0 spiro atoms. The van der Waals surface area contributed by atoms with Gasteiger partial charge in [-0.1, -0.05) is 22.9 Å². The second-order valence-corrected chi connectivity index (χ2v) is 3.68. The van der Waals surface area contributed by atoms with Crippen molar-refractivity contribution in [2.75, 3.05) is 7.11 Å². The summed E-state index contributed by atoms with van der Waals surface area (Å²) in [5.74, 6) is 0.799. The van der Waals surface area contributed by atoms with Crippen LogP contribution in [0.3, 0.4) is 0 Å². The fourth-order valence-electron chi connectivity index (χ4n) is 1.35. The lowest BCUT2D eigenvalue weighted by Crippen LogP contribution is -1.97. The predicted molar refractivity (Wildman–Crippen MR) is 56.0 cm³/mol. The van der Waals surface area contributed by atoms with Crippen molar-refractivity contribution in [2.24, 2.45) is 0 Å². The van der Waals surface area contributed by atoms with Gasteiger partial charge < -0.3 is 9.84 Å². The summed E-state index contributed by atoms with van der Waals surface area (Å²) in [5.41, 5.74) is 1.94. The monoisotopic (exact) mass is 244 g/mol. The van der Waals surface area contributed by atoms with Crippen molar-refractivity contribution >= 4 is 15.9 Å². The van der Waals surface area contributed by atoms with Crippen LogP contribution in [0.15, 0.2) is 16.6 Å². The first-order chi connectivity index (χ1) is 6.22. The summed E-state index contributed by atoms with van der Waals surface area (Å²) < 4.78 is 6.21. The van der Waals surface area contributed by atoms with E-state index < -0.39 is 0 Å². The molecule has 0 amide bonds. The Morgan fingerprint density at radius 2 is 2.00 bits per heavy atom. The minimum Gasteiger partial charge on any atom is -0.496 e. The molecule has 0 saturated heterocycles. The smallest absolute Gasteiger partial charge is 0.127 e. The maximum absolute atomic E-state index is 9.09. The Morgan fingerprint density at radius 3 is 2.46 bits per heavy atom. The molecule has 3 heteroatoms. The Labute approximate surface area is 86.7 Å². The topological polar surface area (TPSA) is 29.5 Å². The van der Waals surface area contributed by atoms with Crippen LogP contribution in [-0.2, 0) is 13.0 Å². The van der Waals surface area contributed by atoms with Crippen LogP contribution in [0.4, 0.5) is 0 Å². The number of aryl methyl sites for hydroxylation is 1. The molecule has 0 unspecified atom stereocenters. The molecule has 72 valence electrons. The minimum absolute atomic E-state index is 0.00954. The lowest BCUT2D eigenvalue weighted by atomic mass is 10.1. The first-order valence-electron chi connectivity index (χ1n) is 4.19. The Kier molecular flexibility index (Phi) is 3.75. The molecule has 0 heterocycles. The van der Waals surface area contributed by atoms with Crippen molar-refractivity contribution in [3.63, 3.8) is 0 Å². The van der Waals surface area contributed by atoms with Gasteiger partial charge in [-0.2, -0.15) is 0 Å². The van der Waals surface area contributed by atoms with Crippen molar-refractivity contribution < 1.29 is 9.84 Å². The number of methoxy groups -OCH3 is 1. The van der Waals surface area contributed by atoms with Crippen LogP contribution in [-0.4, -0.2) is 12.2 Å². The largest absolute Gasteiger partial charge is 0.496 e. The van der Waals surface area contributed by atoms with Gasteiger partial charge in [0.2, 0.25) is 0 Å². The Balaban J connectivity index is 3.25. The van der Waals surface area contributed by atoms with Crippen molar-refractivity contribution in [3.8, 4) is 5.75 Å². The number of halogens is 1. The molecule has 0 aliphatic rings. The highest BCUT2D eigenvalue weighted by atomic mass is 79.9. The fraction of sp³-hybridized carbons (Fsp3) is 0.400. The van der Waals surface area contributed by atoms with Gasteiger partial charge in [0, 0.05) is 10.0 Å². The van der Waals surface area contributed by atoms with Crippen LogP contribution >= 0.6 is 15.9 Å². The highest BCUT2D eigenvalue weighted by Gasteiger charge is 2.08. The molecule has 0 aliphatic carbocycles. The predicted octanol–water partition coefficient (Wildman–Crippen LogP) is 2.51. The van der Waals surface area contributed by atoms with Gasteiger partial charge in [-0.05, 0) is 24.1 Å². The average molecular weight is 245 g/mol. The third-order valence-corrected chi connectivity index (χ3v) is 2.42. The second kappa shape index (κ2) is 4.63. The molecule has 2 nitrogen and oxygen atoms in total. The molecule has 0 saturated carbocycles. The van der Waals surface area contributed by atoms with E-state index in [2.05, 4.69) is 22.9 Å². The van der Waals surface area contributed by atoms with Gasteiger partial charge in [0.1, 0.15) is 5.75 Å². The molecule has 0 aromatic heterocycles. The van der Waals surface area contributed by atoms with E-state index in [1.807, 2.05) is 12.1 Å². The van der Waals surface area contributed by atoms with E-state index in [0.717, 1.165) is 27.8 Å². The van der Waals surface area contributed by atoms with Gasteiger partial charge in [0.25, 0.3) is 0 Å². The van der Waals surface area contributed by atoms with Crippen LogP contribution in [0, 0.1) is 0 Å². The lowest BCUT2D eigenvalue weighted by molar-refractivity contribution is 0.273. The Bertz CT molecular complexity index is 272. The molecule has 0 aliphatic heterocycles. The first kappa shape index (κ1) is 10.5. The van der Waals surface area contributed by atoms with Crippen LogP contribution in [0.5, 0.6) is 5.75 Å². The molecule has 0 radical (unpaired) electrons. The summed E-state index contributed by atoms with van der Waals surface area (Å²) in [6.07, 6.45) is 0.898. The van der Waals surface area contributed by atoms with Gasteiger partial charge in [0.05, 0.1) is 13.7 Å². The molecule has 1 aromatic rings. The number of rotatable bonds is 3. The summed E-state index contributed by atoms with van der Waals surface area (Å²) in [6, 6.07) is 3.88. The molecular weight excluding hydrogens is 232 g/mol. The summed E-state index contributed by atoms with van der Waals surface area (Å²) in [7, 11) is 1.63. The van der Waals surface area contributed by atoms with E-state index in [9.17, 15) is 0 Å². The zero-order valence-electron chi connectivity index (χ0n) is 7.80. The number of hydrogen-bond donors (Lipinski definition) is 1. The molecule has 1 rings (SSSR count). The van der Waals surface area contributed by atoms with Gasteiger partial charge in [0.15, 0.2) is 0 Å². The molecule has 0 fully saturated rings. The van der Waals surface area contributed by atoms with Crippen molar-refractivity contribution in [2.45, 2.75) is 20.0 Å². The zero-order chi connectivity index (χ0) is 9.84. The normalized spacial score (nSPS) is 10.2. The number of ether oxygens (including phenoxy) is 1. The van der Waals surface area contributed by atoms with Crippen LogP contribution in [0.2, 0.25) is 0 Å². The number of hydrogen-bond acceptors (Lipinski definition) is 2. The van der Waals surface area contributed by atoms with E-state index >= 15 is 0 Å². The molecule has 1 aromatic carbocycles. The molecule has 13 heavy (non-hydrogen) atoms. The van der Waals surface area contributed by atoms with Gasteiger partial charge in [-0.25, -0.2) is 0 Å². The van der Waals surface area contributed by atoms with Gasteiger partial charge >= 0.3 is 0 Å². The second-order valence-electron chi connectivity index (χ2n) is 2.77. The highest BCUT2D eigenvalue weighted by molar-refractivity contribution is 9.10. The van der Waals surface area contributed by atoms with Gasteiger partial charge in [-0.15, -0.1) is 0 Å². The molecule has 0 bridgehead atoms. The Morgan fingerprint density at radius 1 is 1.38 bits per heavy atom. The fourth-order valence-corrected chi connectivity index (χ4v) is 1.91. The van der Waals surface area contributed by atoms with Gasteiger partial charge in [-0.3, -0.25) is 0 Å². The Hall–Kier alpha value is -0.540.